The van der Waals surface area contributed by atoms with Gasteiger partial charge >= 0.3 is 0 Å². The molecular formula is C14H14BrF. The summed E-state index contributed by atoms with van der Waals surface area (Å²) in [6, 6.07) is 7.67. The fourth-order valence-corrected chi connectivity index (χ4v) is 2.35. The number of rotatable bonds is 2. The smallest absolute Gasteiger partial charge is 0.138 e. The summed E-state index contributed by atoms with van der Waals surface area (Å²) in [5, 5.41) is 2.07. The molecule has 2 rings (SSSR count). The van der Waals surface area contributed by atoms with E-state index >= 15 is 0 Å². The van der Waals surface area contributed by atoms with Crippen molar-refractivity contribution >= 4 is 26.7 Å². The van der Waals surface area contributed by atoms with E-state index in [-0.39, 0.29) is 5.82 Å². The van der Waals surface area contributed by atoms with Gasteiger partial charge in [0.15, 0.2) is 0 Å². The van der Waals surface area contributed by atoms with Gasteiger partial charge in [0.2, 0.25) is 0 Å². The van der Waals surface area contributed by atoms with Crippen LogP contribution in [0.2, 0.25) is 0 Å². The standard InChI is InChI=1S/C14H14BrF/c1-3-4-10-6-12-8-14(16)13(15)7-11(12)5-9(10)2/h5-8H,3-4H2,1-2H3. The topological polar surface area (TPSA) is 0 Å². The van der Waals surface area contributed by atoms with Gasteiger partial charge in [-0.1, -0.05) is 25.5 Å². The number of benzene rings is 2. The largest absolute Gasteiger partial charge is 0.206 e. The van der Waals surface area contributed by atoms with Gasteiger partial charge in [-0.25, -0.2) is 4.39 Å². The molecule has 2 aromatic carbocycles. The van der Waals surface area contributed by atoms with Crippen molar-refractivity contribution in [2.24, 2.45) is 0 Å². The van der Waals surface area contributed by atoms with Crippen LogP contribution in [0, 0.1) is 12.7 Å². The van der Waals surface area contributed by atoms with E-state index in [4.69, 9.17) is 0 Å². The van der Waals surface area contributed by atoms with Crippen LogP contribution >= 0.6 is 15.9 Å². The summed E-state index contributed by atoms with van der Waals surface area (Å²) in [6.45, 7) is 4.27. The van der Waals surface area contributed by atoms with E-state index in [1.54, 1.807) is 6.07 Å². The zero-order valence-electron chi connectivity index (χ0n) is 9.48. The van der Waals surface area contributed by atoms with Crippen LogP contribution in [0.5, 0.6) is 0 Å². The summed E-state index contributed by atoms with van der Waals surface area (Å²) in [7, 11) is 0. The molecule has 2 aromatic rings. The number of aryl methyl sites for hydroxylation is 2. The average molecular weight is 281 g/mol. The van der Waals surface area contributed by atoms with Crippen molar-refractivity contribution in [3.63, 3.8) is 0 Å². The molecule has 0 amide bonds. The molecule has 0 aliphatic carbocycles. The summed E-state index contributed by atoms with van der Waals surface area (Å²) in [5.74, 6) is -0.196. The Bertz CT molecular complexity index is 532. The Morgan fingerprint density at radius 3 is 2.50 bits per heavy atom. The Kier molecular flexibility index (Phi) is 3.29. The highest BCUT2D eigenvalue weighted by Gasteiger charge is 2.05. The molecule has 0 unspecified atom stereocenters. The molecule has 0 heterocycles. The molecule has 0 fully saturated rings. The zero-order chi connectivity index (χ0) is 11.7. The van der Waals surface area contributed by atoms with E-state index in [0.717, 1.165) is 23.6 Å². The summed E-state index contributed by atoms with van der Waals surface area (Å²) in [4.78, 5) is 0. The third-order valence-corrected chi connectivity index (χ3v) is 3.46. The van der Waals surface area contributed by atoms with Gasteiger partial charge in [-0.05, 0) is 63.3 Å². The second-order valence-corrected chi connectivity index (χ2v) is 5.00. The molecule has 2 heteroatoms. The lowest BCUT2D eigenvalue weighted by molar-refractivity contribution is 0.623. The van der Waals surface area contributed by atoms with Gasteiger partial charge in [0.25, 0.3) is 0 Å². The molecule has 0 aliphatic rings. The Hall–Kier alpha value is -0.890. The molecule has 16 heavy (non-hydrogen) atoms. The van der Waals surface area contributed by atoms with Crippen molar-refractivity contribution in [2.75, 3.05) is 0 Å². The van der Waals surface area contributed by atoms with Crippen LogP contribution in [0.3, 0.4) is 0 Å². The Morgan fingerprint density at radius 2 is 1.81 bits per heavy atom. The lowest BCUT2D eigenvalue weighted by Gasteiger charge is -2.08. The zero-order valence-corrected chi connectivity index (χ0v) is 11.1. The normalized spacial score (nSPS) is 11.0. The molecule has 0 N–H and O–H groups in total. The minimum atomic E-state index is -0.196. The van der Waals surface area contributed by atoms with Crippen LogP contribution in [-0.4, -0.2) is 0 Å². The third-order valence-electron chi connectivity index (χ3n) is 2.85. The number of hydrogen-bond donors (Lipinski definition) is 0. The Morgan fingerprint density at radius 1 is 1.12 bits per heavy atom. The first-order valence-electron chi connectivity index (χ1n) is 5.50. The second kappa shape index (κ2) is 4.54. The van der Waals surface area contributed by atoms with Crippen molar-refractivity contribution in [1.82, 2.24) is 0 Å². The van der Waals surface area contributed by atoms with E-state index in [0.29, 0.717) is 4.47 Å². The maximum atomic E-state index is 13.4. The molecule has 0 atom stereocenters. The minimum absolute atomic E-state index is 0.196. The highest BCUT2D eigenvalue weighted by molar-refractivity contribution is 9.10. The predicted octanol–water partition coefficient (Wildman–Crippen LogP) is 5.00. The van der Waals surface area contributed by atoms with Crippen molar-refractivity contribution in [3.05, 3.63) is 45.7 Å². The second-order valence-electron chi connectivity index (χ2n) is 4.14. The fraction of sp³-hybridized carbons (Fsp3) is 0.286. The lowest BCUT2D eigenvalue weighted by Crippen LogP contribution is -1.90. The van der Waals surface area contributed by atoms with Crippen LogP contribution in [-0.2, 0) is 6.42 Å². The maximum absolute atomic E-state index is 13.4. The van der Waals surface area contributed by atoms with E-state index in [1.807, 2.05) is 6.07 Å². The third kappa shape index (κ3) is 2.12. The summed E-state index contributed by atoms with van der Waals surface area (Å²) in [6.07, 6.45) is 2.17. The number of fused-ring (bicyclic) bond motifs is 1. The molecule has 0 saturated heterocycles. The summed E-state index contributed by atoms with van der Waals surface area (Å²) >= 11 is 3.22. The van der Waals surface area contributed by atoms with Crippen LogP contribution in [0.25, 0.3) is 10.8 Å². The monoisotopic (exact) mass is 280 g/mol. The van der Waals surface area contributed by atoms with Crippen LogP contribution in [0.4, 0.5) is 4.39 Å². The summed E-state index contributed by atoms with van der Waals surface area (Å²) < 4.78 is 14.0. The van der Waals surface area contributed by atoms with Crippen LogP contribution in [0.1, 0.15) is 24.5 Å². The van der Waals surface area contributed by atoms with Gasteiger partial charge in [-0.2, -0.15) is 0 Å². The van der Waals surface area contributed by atoms with Gasteiger partial charge in [-0.3, -0.25) is 0 Å². The van der Waals surface area contributed by atoms with Gasteiger partial charge in [0.1, 0.15) is 5.82 Å². The highest BCUT2D eigenvalue weighted by atomic mass is 79.9. The SMILES string of the molecule is CCCc1cc2cc(F)c(Br)cc2cc1C. The number of hydrogen-bond acceptors (Lipinski definition) is 0. The van der Waals surface area contributed by atoms with E-state index in [9.17, 15) is 4.39 Å². The Labute approximate surface area is 104 Å². The Balaban J connectivity index is 2.65. The predicted molar refractivity (Wildman–Crippen MR) is 70.3 cm³/mol. The van der Waals surface area contributed by atoms with Crippen molar-refractivity contribution in [3.8, 4) is 0 Å². The molecule has 0 nitrogen and oxygen atoms in total. The molecule has 0 aromatic heterocycles. The molecule has 0 aliphatic heterocycles. The van der Waals surface area contributed by atoms with Crippen molar-refractivity contribution in [1.29, 1.82) is 0 Å². The van der Waals surface area contributed by atoms with Crippen LogP contribution in [0.15, 0.2) is 28.7 Å². The summed E-state index contributed by atoms with van der Waals surface area (Å²) in [5.41, 5.74) is 2.60. The van der Waals surface area contributed by atoms with E-state index < -0.39 is 0 Å². The lowest BCUT2D eigenvalue weighted by atomic mass is 9.99. The highest BCUT2D eigenvalue weighted by Crippen LogP contribution is 2.26. The van der Waals surface area contributed by atoms with E-state index in [2.05, 4.69) is 41.9 Å². The fourth-order valence-electron chi connectivity index (χ4n) is 1.99. The van der Waals surface area contributed by atoms with Gasteiger partial charge in [0, 0.05) is 0 Å². The van der Waals surface area contributed by atoms with Gasteiger partial charge in [0.05, 0.1) is 4.47 Å². The number of halogens is 2. The first-order valence-corrected chi connectivity index (χ1v) is 6.29. The average Bonchev–Trinajstić information content (AvgIpc) is 2.23. The van der Waals surface area contributed by atoms with Crippen LogP contribution < -0.4 is 0 Å². The van der Waals surface area contributed by atoms with Crippen molar-refractivity contribution < 1.29 is 4.39 Å². The molecule has 0 radical (unpaired) electrons. The first-order chi connectivity index (χ1) is 7.61. The van der Waals surface area contributed by atoms with E-state index in [1.165, 1.54) is 11.1 Å². The first kappa shape index (κ1) is 11.6. The molecule has 0 bridgehead atoms. The molecule has 0 saturated carbocycles. The van der Waals surface area contributed by atoms with Gasteiger partial charge < -0.3 is 0 Å². The van der Waals surface area contributed by atoms with Gasteiger partial charge in [-0.15, -0.1) is 0 Å². The molecule has 0 spiro atoms. The molecule has 84 valence electrons. The maximum Gasteiger partial charge on any atom is 0.138 e. The van der Waals surface area contributed by atoms with Crippen molar-refractivity contribution in [2.45, 2.75) is 26.7 Å². The minimum Gasteiger partial charge on any atom is -0.206 e. The molecular weight excluding hydrogens is 267 g/mol. The quantitative estimate of drug-likeness (QED) is 0.726.